The van der Waals surface area contributed by atoms with Crippen LogP contribution in [0.5, 0.6) is 0 Å². The Hall–Kier alpha value is -1.98. The van der Waals surface area contributed by atoms with Crippen LogP contribution < -0.4 is 5.32 Å². The predicted molar refractivity (Wildman–Crippen MR) is 117 cm³/mol. The Balaban J connectivity index is 2.10. The van der Waals surface area contributed by atoms with Crippen LogP contribution in [0.25, 0.3) is 0 Å². The van der Waals surface area contributed by atoms with Gasteiger partial charge < -0.3 is 10.2 Å². The van der Waals surface area contributed by atoms with Gasteiger partial charge in [0.15, 0.2) is 0 Å². The average Bonchev–Trinajstić information content (AvgIpc) is 2.70. The number of aryl methyl sites for hydroxylation is 1. The summed E-state index contributed by atoms with van der Waals surface area (Å²) in [6, 6.07) is 15.2. The van der Waals surface area contributed by atoms with Gasteiger partial charge in [0.25, 0.3) is 0 Å². The van der Waals surface area contributed by atoms with Gasteiger partial charge in [0.2, 0.25) is 11.8 Å². The number of thioether (sulfide) groups is 1. The van der Waals surface area contributed by atoms with E-state index in [1.54, 1.807) is 29.8 Å². The van der Waals surface area contributed by atoms with Crippen LogP contribution in [-0.2, 0) is 21.9 Å². The van der Waals surface area contributed by atoms with Crippen molar-refractivity contribution in [3.63, 3.8) is 0 Å². The third-order valence-electron chi connectivity index (χ3n) is 4.55. The van der Waals surface area contributed by atoms with E-state index in [9.17, 15) is 9.59 Å². The molecule has 1 atom stereocenters. The predicted octanol–water partition coefficient (Wildman–Crippen LogP) is 4.44. The maximum absolute atomic E-state index is 13.0. The van der Waals surface area contributed by atoms with Crippen LogP contribution >= 0.6 is 23.4 Å². The van der Waals surface area contributed by atoms with Gasteiger partial charge in [0.05, 0.1) is 5.75 Å². The average molecular weight is 419 g/mol. The Labute approximate surface area is 176 Å². The van der Waals surface area contributed by atoms with Crippen molar-refractivity contribution >= 4 is 35.2 Å². The fourth-order valence-electron chi connectivity index (χ4n) is 2.92. The largest absolute Gasteiger partial charge is 0.357 e. The van der Waals surface area contributed by atoms with E-state index < -0.39 is 6.04 Å². The highest BCUT2D eigenvalue weighted by molar-refractivity contribution is 7.99. The number of benzene rings is 2. The van der Waals surface area contributed by atoms with Gasteiger partial charge in [0, 0.05) is 24.4 Å². The highest BCUT2D eigenvalue weighted by Gasteiger charge is 2.28. The molecule has 150 valence electrons. The van der Waals surface area contributed by atoms with E-state index >= 15 is 0 Å². The topological polar surface area (TPSA) is 49.4 Å². The van der Waals surface area contributed by atoms with Crippen molar-refractivity contribution in [3.8, 4) is 0 Å². The molecule has 0 saturated carbocycles. The van der Waals surface area contributed by atoms with E-state index in [1.165, 1.54) is 11.1 Å². The van der Waals surface area contributed by atoms with Crippen molar-refractivity contribution in [2.75, 3.05) is 12.8 Å². The first-order chi connectivity index (χ1) is 13.5. The minimum absolute atomic E-state index is 0.0625. The van der Waals surface area contributed by atoms with E-state index in [1.807, 2.05) is 25.1 Å². The third-order valence-corrected chi connectivity index (χ3v) is 5.90. The molecule has 0 aliphatic carbocycles. The summed E-state index contributed by atoms with van der Waals surface area (Å²) in [6.45, 7) is 4.28. The number of amides is 2. The van der Waals surface area contributed by atoms with E-state index in [-0.39, 0.29) is 11.8 Å². The number of hydrogen-bond donors (Lipinski definition) is 1. The normalized spacial score (nSPS) is 11.7. The Morgan fingerprint density at radius 3 is 2.43 bits per heavy atom. The molecule has 28 heavy (non-hydrogen) atoms. The summed E-state index contributed by atoms with van der Waals surface area (Å²) in [5, 5.41) is 3.26. The van der Waals surface area contributed by atoms with Crippen LogP contribution in [0.3, 0.4) is 0 Å². The van der Waals surface area contributed by atoms with Crippen molar-refractivity contribution in [3.05, 3.63) is 70.2 Å². The molecule has 0 aliphatic rings. The number of nitrogens with one attached hydrogen (secondary N) is 1. The fraction of sp³-hybridized carbons (Fsp3) is 0.364. The van der Waals surface area contributed by atoms with Crippen LogP contribution in [0.1, 0.15) is 30.0 Å². The van der Waals surface area contributed by atoms with Gasteiger partial charge in [0.1, 0.15) is 6.04 Å². The molecule has 0 spiro atoms. The van der Waals surface area contributed by atoms with Crippen molar-refractivity contribution in [1.82, 2.24) is 10.2 Å². The summed E-state index contributed by atoms with van der Waals surface area (Å²) in [4.78, 5) is 27.0. The summed E-state index contributed by atoms with van der Waals surface area (Å²) < 4.78 is 0. The molecule has 0 aliphatic heterocycles. The zero-order valence-electron chi connectivity index (χ0n) is 16.6. The van der Waals surface area contributed by atoms with E-state index in [0.717, 1.165) is 11.3 Å². The van der Waals surface area contributed by atoms with Crippen molar-refractivity contribution in [2.45, 2.75) is 38.6 Å². The Bertz CT molecular complexity index is 795. The Morgan fingerprint density at radius 2 is 1.82 bits per heavy atom. The van der Waals surface area contributed by atoms with Crippen LogP contribution in [0.15, 0.2) is 48.5 Å². The van der Waals surface area contributed by atoms with Gasteiger partial charge in [-0.3, -0.25) is 9.59 Å². The summed E-state index contributed by atoms with van der Waals surface area (Å²) in [6.07, 6.45) is 0.540. The van der Waals surface area contributed by atoms with Crippen LogP contribution in [0, 0.1) is 6.92 Å². The Kier molecular flexibility index (Phi) is 8.87. The maximum atomic E-state index is 13.0. The van der Waals surface area contributed by atoms with E-state index in [4.69, 9.17) is 11.6 Å². The molecule has 0 bridgehead atoms. The Morgan fingerprint density at radius 1 is 1.14 bits per heavy atom. The van der Waals surface area contributed by atoms with Crippen LogP contribution in [0.4, 0.5) is 0 Å². The second-order valence-corrected chi connectivity index (χ2v) is 8.02. The van der Waals surface area contributed by atoms with Crippen LogP contribution in [-0.4, -0.2) is 35.6 Å². The molecule has 2 rings (SSSR count). The molecular formula is C22H27ClN2O2S. The minimum Gasteiger partial charge on any atom is -0.357 e. The smallest absolute Gasteiger partial charge is 0.242 e. The molecule has 1 N–H and O–H groups in total. The van der Waals surface area contributed by atoms with Gasteiger partial charge in [-0.05, 0) is 30.5 Å². The lowest BCUT2D eigenvalue weighted by molar-refractivity contribution is -0.139. The number of halogens is 1. The number of likely N-dealkylation sites (N-methyl/N-ethyl adjacent to an activating group) is 1. The highest BCUT2D eigenvalue weighted by Crippen LogP contribution is 2.21. The molecule has 0 fully saturated rings. The zero-order valence-corrected chi connectivity index (χ0v) is 18.1. The lowest BCUT2D eigenvalue weighted by atomic mass is 10.1. The van der Waals surface area contributed by atoms with E-state index in [0.29, 0.717) is 23.7 Å². The first-order valence-electron chi connectivity index (χ1n) is 9.34. The highest BCUT2D eigenvalue weighted by atomic mass is 35.5. The number of rotatable bonds is 9. The monoisotopic (exact) mass is 418 g/mol. The van der Waals surface area contributed by atoms with E-state index in [2.05, 4.69) is 36.5 Å². The lowest BCUT2D eigenvalue weighted by Crippen LogP contribution is -2.48. The molecule has 0 heterocycles. The number of carbonyl (C=O) groups is 2. The molecule has 0 radical (unpaired) electrons. The molecule has 6 heteroatoms. The van der Waals surface area contributed by atoms with Gasteiger partial charge in [-0.15, -0.1) is 11.8 Å². The fourth-order valence-corrected chi connectivity index (χ4v) is 3.99. The molecule has 0 saturated heterocycles. The molecular weight excluding hydrogens is 392 g/mol. The quantitative estimate of drug-likeness (QED) is 0.655. The number of nitrogens with zero attached hydrogens (tertiary/aromatic N) is 1. The molecule has 0 aromatic heterocycles. The van der Waals surface area contributed by atoms with Gasteiger partial charge in [-0.1, -0.05) is 66.6 Å². The zero-order chi connectivity index (χ0) is 20.5. The van der Waals surface area contributed by atoms with Gasteiger partial charge in [-0.25, -0.2) is 0 Å². The molecule has 1 unspecified atom stereocenters. The third kappa shape index (κ3) is 6.28. The summed E-state index contributed by atoms with van der Waals surface area (Å²) in [5.41, 5.74) is 3.23. The SMILES string of the molecule is CCC(C(=O)NC)N(Cc1ccccc1Cl)C(=O)CSCc1ccc(C)cc1. The molecule has 4 nitrogen and oxygen atoms in total. The second-order valence-electron chi connectivity index (χ2n) is 6.63. The van der Waals surface area contributed by atoms with Gasteiger partial charge >= 0.3 is 0 Å². The maximum Gasteiger partial charge on any atom is 0.242 e. The summed E-state index contributed by atoms with van der Waals surface area (Å²) in [5.74, 6) is 0.841. The second kappa shape index (κ2) is 11.1. The lowest BCUT2D eigenvalue weighted by Gasteiger charge is -2.30. The minimum atomic E-state index is -0.520. The van der Waals surface area contributed by atoms with Crippen molar-refractivity contribution in [2.24, 2.45) is 0 Å². The summed E-state index contributed by atoms with van der Waals surface area (Å²) in [7, 11) is 1.59. The standard InChI is InChI=1S/C22H27ClN2O2S/c1-4-20(22(27)24-3)25(13-18-7-5-6-8-19(18)23)21(26)15-28-14-17-11-9-16(2)10-12-17/h5-12,20H,4,13-15H2,1-3H3,(H,24,27). The molecule has 2 amide bonds. The number of carbonyl (C=O) groups excluding carboxylic acids is 2. The molecule has 2 aromatic carbocycles. The van der Waals surface area contributed by atoms with Gasteiger partial charge in [-0.2, -0.15) is 0 Å². The van der Waals surface area contributed by atoms with Crippen molar-refractivity contribution < 1.29 is 9.59 Å². The molecule has 2 aromatic rings. The van der Waals surface area contributed by atoms with Crippen LogP contribution in [0.2, 0.25) is 5.02 Å². The first kappa shape index (κ1) is 22.3. The van der Waals surface area contributed by atoms with Crippen molar-refractivity contribution in [1.29, 1.82) is 0 Å². The first-order valence-corrected chi connectivity index (χ1v) is 10.9. The number of hydrogen-bond acceptors (Lipinski definition) is 3. The summed E-state index contributed by atoms with van der Waals surface area (Å²) >= 11 is 7.84.